The number of carbonyl (C=O) groups is 2. The second-order valence-electron chi connectivity index (χ2n) is 3.36. The van der Waals surface area contributed by atoms with E-state index >= 15 is 0 Å². The molecule has 2 aromatic rings. The van der Waals surface area contributed by atoms with E-state index in [1.54, 1.807) is 12.1 Å². The van der Waals surface area contributed by atoms with Gasteiger partial charge in [0.1, 0.15) is 0 Å². The smallest absolute Gasteiger partial charge is 0.360 e. The zero-order valence-corrected chi connectivity index (χ0v) is 8.64. The molecule has 5 heteroatoms. The van der Waals surface area contributed by atoms with Crippen LogP contribution in [0.2, 0.25) is 0 Å². The summed E-state index contributed by atoms with van der Waals surface area (Å²) < 4.78 is 4.86. The summed E-state index contributed by atoms with van der Waals surface area (Å²) in [5.41, 5.74) is 0.956. The van der Waals surface area contributed by atoms with E-state index < -0.39 is 12.1 Å². The molecule has 2 rings (SSSR count). The highest BCUT2D eigenvalue weighted by Crippen LogP contribution is 2.16. The molecule has 0 aliphatic heterocycles. The van der Waals surface area contributed by atoms with Crippen molar-refractivity contribution in [3.05, 3.63) is 30.0 Å². The third kappa shape index (κ3) is 1.79. The predicted octanol–water partition coefficient (Wildman–Crippen LogP) is 1.31. The Morgan fingerprint density at radius 2 is 2.25 bits per heavy atom. The highest BCUT2D eigenvalue weighted by molar-refractivity contribution is 6.02. The van der Waals surface area contributed by atoms with Crippen molar-refractivity contribution < 1.29 is 14.3 Å². The number of esters is 1. The van der Waals surface area contributed by atoms with Gasteiger partial charge in [-0.3, -0.25) is 9.89 Å². The third-order valence-corrected chi connectivity index (χ3v) is 2.15. The van der Waals surface area contributed by atoms with Crippen LogP contribution in [0, 0.1) is 0 Å². The molecule has 0 aliphatic rings. The van der Waals surface area contributed by atoms with E-state index in [2.05, 4.69) is 10.2 Å². The van der Waals surface area contributed by atoms with Gasteiger partial charge in [-0.05, 0) is 13.0 Å². The number of hydrogen-bond donors (Lipinski definition) is 1. The van der Waals surface area contributed by atoms with Crippen LogP contribution in [0.1, 0.15) is 17.4 Å². The first-order valence-corrected chi connectivity index (χ1v) is 4.81. The fourth-order valence-corrected chi connectivity index (χ4v) is 1.37. The summed E-state index contributed by atoms with van der Waals surface area (Å²) in [7, 11) is 0. The van der Waals surface area contributed by atoms with Gasteiger partial charge < -0.3 is 4.74 Å². The lowest BCUT2D eigenvalue weighted by Gasteiger charge is -2.04. The van der Waals surface area contributed by atoms with Crippen molar-refractivity contribution in [2.75, 3.05) is 0 Å². The Morgan fingerprint density at radius 3 is 3.00 bits per heavy atom. The topological polar surface area (TPSA) is 72.1 Å². The highest BCUT2D eigenvalue weighted by atomic mass is 16.5. The molecule has 0 radical (unpaired) electrons. The monoisotopic (exact) mass is 218 g/mol. The molecule has 1 N–H and O–H groups in total. The Labute approximate surface area is 91.4 Å². The number of nitrogens with one attached hydrogen (secondary N) is 1. The van der Waals surface area contributed by atoms with Gasteiger partial charge in [-0.15, -0.1) is 0 Å². The SMILES string of the molecule is CC(C=O)OC(=O)c1n[nH]c2ccccc12. The molecule has 82 valence electrons. The van der Waals surface area contributed by atoms with Gasteiger partial charge >= 0.3 is 5.97 Å². The lowest BCUT2D eigenvalue weighted by molar-refractivity contribution is -0.114. The van der Waals surface area contributed by atoms with Crippen LogP contribution in [0.3, 0.4) is 0 Å². The molecule has 1 atom stereocenters. The van der Waals surface area contributed by atoms with Gasteiger partial charge in [0.05, 0.1) is 5.52 Å². The van der Waals surface area contributed by atoms with E-state index in [-0.39, 0.29) is 5.69 Å². The van der Waals surface area contributed by atoms with E-state index in [9.17, 15) is 9.59 Å². The van der Waals surface area contributed by atoms with E-state index in [4.69, 9.17) is 4.74 Å². The number of aldehydes is 1. The van der Waals surface area contributed by atoms with Gasteiger partial charge in [-0.1, -0.05) is 18.2 Å². The first kappa shape index (κ1) is 10.4. The molecule has 0 spiro atoms. The number of ether oxygens (including phenoxy) is 1. The Kier molecular flexibility index (Phi) is 2.68. The molecular formula is C11H10N2O3. The van der Waals surface area contributed by atoms with Gasteiger partial charge in [-0.2, -0.15) is 5.10 Å². The van der Waals surface area contributed by atoms with Gasteiger partial charge in [0.25, 0.3) is 0 Å². The second-order valence-corrected chi connectivity index (χ2v) is 3.36. The number of carbonyl (C=O) groups excluding carboxylic acids is 2. The molecule has 0 fully saturated rings. The number of nitrogens with zero attached hydrogens (tertiary/aromatic N) is 1. The molecule has 0 saturated carbocycles. The molecule has 0 amide bonds. The number of aromatic nitrogens is 2. The summed E-state index contributed by atoms with van der Waals surface area (Å²) in [6.07, 6.45) is -0.199. The van der Waals surface area contributed by atoms with Crippen LogP contribution in [0.5, 0.6) is 0 Å². The minimum atomic E-state index is -0.761. The van der Waals surface area contributed by atoms with Crippen molar-refractivity contribution in [1.29, 1.82) is 0 Å². The average molecular weight is 218 g/mol. The third-order valence-electron chi connectivity index (χ3n) is 2.15. The first-order chi connectivity index (χ1) is 7.72. The van der Waals surface area contributed by atoms with Gasteiger partial charge in [0.15, 0.2) is 18.1 Å². The van der Waals surface area contributed by atoms with Gasteiger partial charge in [0, 0.05) is 5.39 Å². The molecule has 16 heavy (non-hydrogen) atoms. The molecule has 1 aromatic heterocycles. The van der Waals surface area contributed by atoms with E-state index in [0.29, 0.717) is 11.7 Å². The molecule has 0 saturated heterocycles. The summed E-state index contributed by atoms with van der Waals surface area (Å²) in [5.74, 6) is -0.600. The second kappa shape index (κ2) is 4.14. The Morgan fingerprint density at radius 1 is 1.50 bits per heavy atom. The van der Waals surface area contributed by atoms with Crippen LogP contribution >= 0.6 is 0 Å². The van der Waals surface area contributed by atoms with Crippen molar-refractivity contribution in [2.45, 2.75) is 13.0 Å². The van der Waals surface area contributed by atoms with E-state index in [1.165, 1.54) is 6.92 Å². The average Bonchev–Trinajstić information content (AvgIpc) is 2.72. The zero-order chi connectivity index (χ0) is 11.5. The quantitative estimate of drug-likeness (QED) is 0.622. The molecular weight excluding hydrogens is 208 g/mol. The van der Waals surface area contributed by atoms with Crippen molar-refractivity contribution >= 4 is 23.2 Å². The molecule has 1 heterocycles. The number of aromatic amines is 1. The minimum absolute atomic E-state index is 0.198. The van der Waals surface area contributed by atoms with Crippen LogP contribution in [-0.2, 0) is 9.53 Å². The minimum Gasteiger partial charge on any atom is -0.450 e. The fraction of sp³-hybridized carbons (Fsp3) is 0.182. The van der Waals surface area contributed by atoms with E-state index in [0.717, 1.165) is 5.52 Å². The van der Waals surface area contributed by atoms with Gasteiger partial charge in [0.2, 0.25) is 0 Å². The van der Waals surface area contributed by atoms with Crippen LogP contribution < -0.4 is 0 Å². The van der Waals surface area contributed by atoms with Crippen molar-refractivity contribution in [3.63, 3.8) is 0 Å². The highest BCUT2D eigenvalue weighted by Gasteiger charge is 2.17. The number of para-hydroxylation sites is 1. The maximum Gasteiger partial charge on any atom is 0.360 e. The summed E-state index contributed by atoms with van der Waals surface area (Å²) in [5, 5.41) is 7.27. The molecule has 5 nitrogen and oxygen atoms in total. The normalized spacial score (nSPS) is 12.3. The van der Waals surface area contributed by atoms with Crippen molar-refractivity contribution in [3.8, 4) is 0 Å². The lowest BCUT2D eigenvalue weighted by Crippen LogP contribution is -2.16. The summed E-state index contributed by atoms with van der Waals surface area (Å²) in [6, 6.07) is 7.21. The Hall–Kier alpha value is -2.17. The standard InChI is InChI=1S/C11H10N2O3/c1-7(6-14)16-11(15)10-8-4-2-3-5-9(8)12-13-10/h2-7H,1H3,(H,12,13). The summed E-state index contributed by atoms with van der Waals surface area (Å²) >= 11 is 0. The van der Waals surface area contributed by atoms with Crippen LogP contribution in [0.15, 0.2) is 24.3 Å². The Bertz CT molecular complexity index is 533. The lowest BCUT2D eigenvalue weighted by atomic mass is 10.2. The molecule has 0 bridgehead atoms. The fourth-order valence-electron chi connectivity index (χ4n) is 1.37. The number of hydrogen-bond acceptors (Lipinski definition) is 4. The van der Waals surface area contributed by atoms with Crippen LogP contribution in [-0.4, -0.2) is 28.6 Å². The summed E-state index contributed by atoms with van der Waals surface area (Å²) in [4.78, 5) is 22.0. The Balaban J connectivity index is 2.33. The number of fused-ring (bicyclic) bond motifs is 1. The summed E-state index contributed by atoms with van der Waals surface area (Å²) in [6.45, 7) is 1.50. The number of rotatable bonds is 3. The first-order valence-electron chi connectivity index (χ1n) is 4.81. The predicted molar refractivity (Wildman–Crippen MR) is 57.0 cm³/mol. The maximum atomic E-state index is 11.6. The van der Waals surface area contributed by atoms with Crippen LogP contribution in [0.25, 0.3) is 10.9 Å². The molecule has 1 aromatic carbocycles. The molecule has 1 unspecified atom stereocenters. The van der Waals surface area contributed by atoms with E-state index in [1.807, 2.05) is 12.1 Å². The largest absolute Gasteiger partial charge is 0.450 e. The number of H-pyrrole nitrogens is 1. The van der Waals surface area contributed by atoms with Crippen LogP contribution in [0.4, 0.5) is 0 Å². The zero-order valence-electron chi connectivity index (χ0n) is 8.64. The van der Waals surface area contributed by atoms with Crippen molar-refractivity contribution in [2.24, 2.45) is 0 Å². The maximum absolute atomic E-state index is 11.6. The van der Waals surface area contributed by atoms with Crippen molar-refractivity contribution in [1.82, 2.24) is 10.2 Å². The molecule has 0 aliphatic carbocycles. The van der Waals surface area contributed by atoms with Gasteiger partial charge in [-0.25, -0.2) is 4.79 Å². The number of benzene rings is 1.